The summed E-state index contributed by atoms with van der Waals surface area (Å²) in [6, 6.07) is 4.50. The lowest BCUT2D eigenvalue weighted by atomic mass is 10.2. The number of carbonyl (C=O) groups excluding carboxylic acids is 1. The van der Waals surface area contributed by atoms with E-state index in [4.69, 9.17) is 10.8 Å². The standard InChI is InChI=1S/C11H17N3O2/c1-7-4-3-5-10(13-7)8(2)14-11(16)9(12)6-15/h3-5,8-9,15H,6,12H2,1-2H3,(H,14,16)/t8-,9-/m1/s1. The monoisotopic (exact) mass is 223 g/mol. The second kappa shape index (κ2) is 5.58. The number of aryl methyl sites for hydroxylation is 1. The SMILES string of the molecule is Cc1cccc([C@@H](C)NC(=O)[C@H](N)CO)n1. The van der Waals surface area contributed by atoms with Gasteiger partial charge in [-0.1, -0.05) is 6.07 Å². The van der Waals surface area contributed by atoms with Crippen LogP contribution in [0.15, 0.2) is 18.2 Å². The number of hydrogen-bond donors (Lipinski definition) is 3. The highest BCUT2D eigenvalue weighted by atomic mass is 16.3. The van der Waals surface area contributed by atoms with E-state index in [1.54, 1.807) is 0 Å². The van der Waals surface area contributed by atoms with E-state index in [0.29, 0.717) is 0 Å². The first-order valence-electron chi connectivity index (χ1n) is 5.15. The van der Waals surface area contributed by atoms with Crippen molar-refractivity contribution in [1.82, 2.24) is 10.3 Å². The van der Waals surface area contributed by atoms with Crippen LogP contribution >= 0.6 is 0 Å². The molecule has 0 aromatic carbocycles. The summed E-state index contributed by atoms with van der Waals surface area (Å²) >= 11 is 0. The van der Waals surface area contributed by atoms with Crippen LogP contribution in [0.3, 0.4) is 0 Å². The topological polar surface area (TPSA) is 88.2 Å². The Morgan fingerprint density at radius 2 is 2.31 bits per heavy atom. The van der Waals surface area contributed by atoms with E-state index in [0.717, 1.165) is 11.4 Å². The van der Waals surface area contributed by atoms with Crippen molar-refractivity contribution in [2.24, 2.45) is 5.73 Å². The molecule has 4 N–H and O–H groups in total. The number of hydrogen-bond acceptors (Lipinski definition) is 4. The van der Waals surface area contributed by atoms with E-state index in [1.807, 2.05) is 32.0 Å². The van der Waals surface area contributed by atoms with E-state index >= 15 is 0 Å². The van der Waals surface area contributed by atoms with Crippen LogP contribution in [0.2, 0.25) is 0 Å². The van der Waals surface area contributed by atoms with Crippen LogP contribution in [0.4, 0.5) is 0 Å². The van der Waals surface area contributed by atoms with Crippen LogP contribution in [-0.4, -0.2) is 28.6 Å². The van der Waals surface area contributed by atoms with Gasteiger partial charge in [-0.15, -0.1) is 0 Å². The molecule has 0 aliphatic carbocycles. The Labute approximate surface area is 94.7 Å². The van der Waals surface area contributed by atoms with Gasteiger partial charge in [-0.05, 0) is 26.0 Å². The largest absolute Gasteiger partial charge is 0.394 e. The minimum Gasteiger partial charge on any atom is -0.394 e. The first kappa shape index (κ1) is 12.6. The molecular formula is C11H17N3O2. The molecule has 88 valence electrons. The Morgan fingerprint density at radius 1 is 1.62 bits per heavy atom. The summed E-state index contributed by atoms with van der Waals surface area (Å²) < 4.78 is 0. The summed E-state index contributed by atoms with van der Waals surface area (Å²) in [5.74, 6) is -0.377. The van der Waals surface area contributed by atoms with Gasteiger partial charge in [0.05, 0.1) is 18.3 Å². The quantitative estimate of drug-likeness (QED) is 0.664. The molecule has 0 aliphatic heterocycles. The average molecular weight is 223 g/mol. The zero-order valence-electron chi connectivity index (χ0n) is 9.47. The fourth-order valence-electron chi connectivity index (χ4n) is 1.28. The molecule has 0 unspecified atom stereocenters. The van der Waals surface area contributed by atoms with Crippen LogP contribution in [0.1, 0.15) is 24.4 Å². The van der Waals surface area contributed by atoms with Crippen molar-refractivity contribution in [2.45, 2.75) is 25.9 Å². The molecule has 0 spiro atoms. The van der Waals surface area contributed by atoms with E-state index in [9.17, 15) is 4.79 Å². The normalized spacial score (nSPS) is 14.2. The Kier molecular flexibility index (Phi) is 4.39. The highest BCUT2D eigenvalue weighted by Gasteiger charge is 2.16. The summed E-state index contributed by atoms with van der Waals surface area (Å²) in [6.07, 6.45) is 0. The maximum atomic E-state index is 11.4. The smallest absolute Gasteiger partial charge is 0.239 e. The summed E-state index contributed by atoms with van der Waals surface area (Å²) in [5.41, 5.74) is 7.06. The van der Waals surface area contributed by atoms with Crippen LogP contribution in [-0.2, 0) is 4.79 Å². The molecular weight excluding hydrogens is 206 g/mol. The zero-order chi connectivity index (χ0) is 12.1. The summed E-state index contributed by atoms with van der Waals surface area (Å²) in [4.78, 5) is 15.7. The molecule has 0 saturated carbocycles. The molecule has 0 radical (unpaired) electrons. The van der Waals surface area contributed by atoms with E-state index in [1.165, 1.54) is 0 Å². The molecule has 1 rings (SSSR count). The Hall–Kier alpha value is -1.46. The van der Waals surface area contributed by atoms with Crippen LogP contribution in [0, 0.1) is 6.92 Å². The van der Waals surface area contributed by atoms with Gasteiger partial charge in [0, 0.05) is 5.69 Å². The van der Waals surface area contributed by atoms with Crippen molar-refractivity contribution < 1.29 is 9.90 Å². The predicted molar refractivity (Wildman–Crippen MR) is 60.6 cm³/mol. The van der Waals surface area contributed by atoms with Gasteiger partial charge in [-0.3, -0.25) is 9.78 Å². The van der Waals surface area contributed by atoms with Crippen molar-refractivity contribution in [3.05, 3.63) is 29.6 Å². The third-order valence-corrected chi connectivity index (χ3v) is 2.25. The second-order valence-electron chi connectivity index (χ2n) is 3.72. The number of amides is 1. The third-order valence-electron chi connectivity index (χ3n) is 2.25. The van der Waals surface area contributed by atoms with Crippen LogP contribution < -0.4 is 11.1 Å². The zero-order valence-corrected chi connectivity index (χ0v) is 9.47. The first-order valence-corrected chi connectivity index (χ1v) is 5.15. The number of carbonyl (C=O) groups is 1. The number of nitrogens with one attached hydrogen (secondary N) is 1. The lowest BCUT2D eigenvalue weighted by Gasteiger charge is -2.16. The van der Waals surface area contributed by atoms with Gasteiger partial charge in [-0.2, -0.15) is 0 Å². The fraction of sp³-hybridized carbons (Fsp3) is 0.455. The molecule has 1 amide bonds. The van der Waals surface area contributed by atoms with Crippen LogP contribution in [0.25, 0.3) is 0 Å². The Balaban J connectivity index is 2.65. The van der Waals surface area contributed by atoms with Gasteiger partial charge < -0.3 is 16.2 Å². The van der Waals surface area contributed by atoms with E-state index < -0.39 is 6.04 Å². The van der Waals surface area contributed by atoms with Crippen LogP contribution in [0.5, 0.6) is 0 Å². The summed E-state index contributed by atoms with van der Waals surface area (Å²) in [6.45, 7) is 3.35. The van der Waals surface area contributed by atoms with Gasteiger partial charge in [-0.25, -0.2) is 0 Å². The molecule has 5 nitrogen and oxygen atoms in total. The molecule has 1 aromatic heterocycles. The van der Waals surface area contributed by atoms with Gasteiger partial charge in [0.1, 0.15) is 6.04 Å². The van der Waals surface area contributed by atoms with Crippen molar-refractivity contribution in [3.63, 3.8) is 0 Å². The number of aliphatic hydroxyl groups excluding tert-OH is 1. The molecule has 5 heteroatoms. The summed E-state index contributed by atoms with van der Waals surface area (Å²) in [7, 11) is 0. The molecule has 16 heavy (non-hydrogen) atoms. The van der Waals surface area contributed by atoms with Gasteiger partial charge in [0.2, 0.25) is 5.91 Å². The van der Waals surface area contributed by atoms with Crippen molar-refractivity contribution in [3.8, 4) is 0 Å². The average Bonchev–Trinajstić information content (AvgIpc) is 2.27. The third kappa shape index (κ3) is 3.29. The molecule has 2 atom stereocenters. The highest BCUT2D eigenvalue weighted by Crippen LogP contribution is 2.09. The minimum absolute atomic E-state index is 0.218. The van der Waals surface area contributed by atoms with E-state index in [-0.39, 0.29) is 18.6 Å². The number of pyridine rings is 1. The maximum absolute atomic E-state index is 11.4. The predicted octanol–water partition coefficient (Wildman–Crippen LogP) is -0.113. The number of nitrogens with two attached hydrogens (primary N) is 1. The summed E-state index contributed by atoms with van der Waals surface area (Å²) in [5, 5.41) is 11.4. The Bertz CT molecular complexity index is 368. The number of rotatable bonds is 4. The molecule has 0 saturated heterocycles. The first-order chi connectivity index (χ1) is 7.54. The van der Waals surface area contributed by atoms with Gasteiger partial charge in [0.25, 0.3) is 0 Å². The number of nitrogens with zero attached hydrogens (tertiary/aromatic N) is 1. The fourth-order valence-corrected chi connectivity index (χ4v) is 1.28. The van der Waals surface area contributed by atoms with Gasteiger partial charge in [0.15, 0.2) is 0 Å². The minimum atomic E-state index is -0.882. The molecule has 1 aromatic rings. The number of aromatic nitrogens is 1. The lowest BCUT2D eigenvalue weighted by Crippen LogP contribution is -2.43. The molecule has 1 heterocycles. The number of aliphatic hydroxyl groups is 1. The second-order valence-corrected chi connectivity index (χ2v) is 3.72. The molecule has 0 fully saturated rings. The Morgan fingerprint density at radius 3 is 2.88 bits per heavy atom. The van der Waals surface area contributed by atoms with Gasteiger partial charge >= 0.3 is 0 Å². The highest BCUT2D eigenvalue weighted by molar-refractivity contribution is 5.81. The van der Waals surface area contributed by atoms with E-state index in [2.05, 4.69) is 10.3 Å². The molecule has 0 bridgehead atoms. The van der Waals surface area contributed by atoms with Crippen molar-refractivity contribution >= 4 is 5.91 Å². The maximum Gasteiger partial charge on any atom is 0.239 e. The molecule has 0 aliphatic rings. The van der Waals surface area contributed by atoms with Crippen molar-refractivity contribution in [2.75, 3.05) is 6.61 Å². The van der Waals surface area contributed by atoms with Crippen molar-refractivity contribution in [1.29, 1.82) is 0 Å². The lowest BCUT2D eigenvalue weighted by molar-refractivity contribution is -0.123.